The van der Waals surface area contributed by atoms with Gasteiger partial charge in [0.15, 0.2) is 0 Å². The lowest BCUT2D eigenvalue weighted by molar-refractivity contribution is 0.00578. The Balaban J connectivity index is 1.59. The van der Waals surface area contributed by atoms with Gasteiger partial charge in [-0.3, -0.25) is 0 Å². The van der Waals surface area contributed by atoms with Gasteiger partial charge in [0.1, 0.15) is 6.10 Å². The highest BCUT2D eigenvalue weighted by molar-refractivity contribution is 5.31. The van der Waals surface area contributed by atoms with E-state index in [0.29, 0.717) is 6.54 Å². The third kappa shape index (κ3) is 5.77. The monoisotopic (exact) mass is 375 g/mol. The first-order valence-electron chi connectivity index (χ1n) is 9.83. The van der Waals surface area contributed by atoms with E-state index in [4.69, 9.17) is 4.74 Å². The van der Waals surface area contributed by atoms with Crippen LogP contribution in [0.15, 0.2) is 84.9 Å². The van der Waals surface area contributed by atoms with Gasteiger partial charge < -0.3 is 15.2 Å². The molecule has 0 aliphatic carbocycles. The van der Waals surface area contributed by atoms with E-state index in [9.17, 15) is 5.11 Å². The second-order valence-electron chi connectivity index (χ2n) is 7.23. The SMILES string of the molecule is Cc1ccc([C@@H](OC[C@@H](O)CN[C@@H](C)c2ccccc2)c2ccccc2)cc1. The summed E-state index contributed by atoms with van der Waals surface area (Å²) in [4.78, 5) is 0. The molecule has 0 saturated carbocycles. The van der Waals surface area contributed by atoms with Crippen molar-refractivity contribution in [1.82, 2.24) is 5.32 Å². The van der Waals surface area contributed by atoms with Crippen LogP contribution in [0.25, 0.3) is 0 Å². The zero-order valence-electron chi connectivity index (χ0n) is 16.6. The molecule has 0 saturated heterocycles. The minimum absolute atomic E-state index is 0.179. The molecule has 3 atom stereocenters. The topological polar surface area (TPSA) is 41.5 Å². The molecular formula is C25H29NO2. The van der Waals surface area contributed by atoms with Crippen molar-refractivity contribution in [1.29, 1.82) is 0 Å². The van der Waals surface area contributed by atoms with Crippen LogP contribution >= 0.6 is 0 Å². The van der Waals surface area contributed by atoms with Gasteiger partial charge in [0.05, 0.1) is 12.7 Å². The van der Waals surface area contributed by atoms with Gasteiger partial charge in [-0.15, -0.1) is 0 Å². The van der Waals surface area contributed by atoms with Crippen LogP contribution in [-0.4, -0.2) is 24.4 Å². The average Bonchev–Trinajstić information content (AvgIpc) is 2.75. The number of aliphatic hydroxyl groups excluding tert-OH is 1. The summed E-state index contributed by atoms with van der Waals surface area (Å²) in [5.41, 5.74) is 4.60. The van der Waals surface area contributed by atoms with Crippen LogP contribution in [0.1, 0.15) is 41.3 Å². The molecule has 2 N–H and O–H groups in total. The summed E-state index contributed by atoms with van der Waals surface area (Å²) >= 11 is 0. The molecule has 0 aliphatic rings. The molecule has 0 amide bonds. The number of aliphatic hydroxyl groups is 1. The molecular weight excluding hydrogens is 346 g/mol. The maximum Gasteiger partial charge on any atom is 0.108 e. The first-order valence-corrected chi connectivity index (χ1v) is 9.83. The molecule has 0 bridgehead atoms. The molecule has 0 spiro atoms. The van der Waals surface area contributed by atoms with Gasteiger partial charge in [0.25, 0.3) is 0 Å². The summed E-state index contributed by atoms with van der Waals surface area (Å²) in [6.45, 7) is 4.92. The Morgan fingerprint density at radius 1 is 0.786 bits per heavy atom. The van der Waals surface area contributed by atoms with Crippen LogP contribution in [-0.2, 0) is 4.74 Å². The Labute approximate surface area is 168 Å². The summed E-state index contributed by atoms with van der Waals surface area (Å²) in [5.74, 6) is 0. The number of benzene rings is 3. The zero-order valence-corrected chi connectivity index (χ0v) is 16.6. The van der Waals surface area contributed by atoms with E-state index in [1.54, 1.807) is 0 Å². The molecule has 0 aromatic heterocycles. The summed E-state index contributed by atoms with van der Waals surface area (Å²) in [6.07, 6.45) is -0.772. The van der Waals surface area contributed by atoms with Gasteiger partial charge in [-0.1, -0.05) is 90.5 Å². The Morgan fingerprint density at radius 2 is 1.32 bits per heavy atom. The van der Waals surface area contributed by atoms with Crippen molar-refractivity contribution in [2.24, 2.45) is 0 Å². The van der Waals surface area contributed by atoms with Crippen molar-refractivity contribution in [2.75, 3.05) is 13.2 Å². The fourth-order valence-electron chi connectivity index (χ4n) is 3.19. The number of rotatable bonds is 9. The van der Waals surface area contributed by atoms with Crippen molar-refractivity contribution in [3.63, 3.8) is 0 Å². The van der Waals surface area contributed by atoms with Gasteiger partial charge in [-0.2, -0.15) is 0 Å². The van der Waals surface area contributed by atoms with Gasteiger partial charge in [0.2, 0.25) is 0 Å². The van der Waals surface area contributed by atoms with Gasteiger partial charge in [-0.05, 0) is 30.5 Å². The lowest BCUT2D eigenvalue weighted by Crippen LogP contribution is -2.32. The molecule has 3 rings (SSSR count). The van der Waals surface area contributed by atoms with E-state index in [2.05, 4.69) is 67.7 Å². The minimum Gasteiger partial charge on any atom is -0.389 e. The third-order valence-electron chi connectivity index (χ3n) is 4.90. The van der Waals surface area contributed by atoms with Crippen LogP contribution in [0.4, 0.5) is 0 Å². The third-order valence-corrected chi connectivity index (χ3v) is 4.90. The number of nitrogens with one attached hydrogen (secondary N) is 1. The highest BCUT2D eigenvalue weighted by Crippen LogP contribution is 2.26. The Bertz CT molecular complexity index is 818. The van der Waals surface area contributed by atoms with E-state index in [1.807, 2.05) is 36.4 Å². The predicted molar refractivity (Wildman–Crippen MR) is 114 cm³/mol. The van der Waals surface area contributed by atoms with Crippen LogP contribution in [0.3, 0.4) is 0 Å². The van der Waals surface area contributed by atoms with E-state index in [-0.39, 0.29) is 18.8 Å². The molecule has 0 radical (unpaired) electrons. The van der Waals surface area contributed by atoms with Crippen molar-refractivity contribution in [3.8, 4) is 0 Å². The zero-order chi connectivity index (χ0) is 19.8. The molecule has 28 heavy (non-hydrogen) atoms. The van der Waals surface area contributed by atoms with Crippen molar-refractivity contribution in [2.45, 2.75) is 32.1 Å². The van der Waals surface area contributed by atoms with Gasteiger partial charge in [-0.25, -0.2) is 0 Å². The number of aryl methyl sites for hydroxylation is 1. The Morgan fingerprint density at radius 3 is 1.93 bits per heavy atom. The van der Waals surface area contributed by atoms with E-state index in [0.717, 1.165) is 11.1 Å². The van der Waals surface area contributed by atoms with Crippen LogP contribution in [0.5, 0.6) is 0 Å². The Hall–Kier alpha value is -2.46. The average molecular weight is 376 g/mol. The molecule has 3 nitrogen and oxygen atoms in total. The highest BCUT2D eigenvalue weighted by Gasteiger charge is 2.17. The molecule has 3 aromatic carbocycles. The normalized spacial score (nSPS) is 14.4. The van der Waals surface area contributed by atoms with Crippen molar-refractivity contribution < 1.29 is 9.84 Å². The molecule has 0 fully saturated rings. The summed E-state index contributed by atoms with van der Waals surface area (Å²) in [5, 5.41) is 13.8. The maximum absolute atomic E-state index is 10.4. The van der Waals surface area contributed by atoms with E-state index in [1.165, 1.54) is 11.1 Å². The summed E-state index contributed by atoms with van der Waals surface area (Å²) < 4.78 is 6.16. The smallest absolute Gasteiger partial charge is 0.108 e. The van der Waals surface area contributed by atoms with Crippen LogP contribution in [0.2, 0.25) is 0 Å². The van der Waals surface area contributed by atoms with Gasteiger partial charge >= 0.3 is 0 Å². The molecule has 0 unspecified atom stereocenters. The quantitative estimate of drug-likeness (QED) is 0.564. The number of hydrogen-bond acceptors (Lipinski definition) is 3. The lowest BCUT2D eigenvalue weighted by Gasteiger charge is -2.22. The minimum atomic E-state index is -0.581. The lowest BCUT2D eigenvalue weighted by atomic mass is 10.0. The first kappa shape index (κ1) is 20.3. The Kier molecular flexibility index (Phi) is 7.38. The second kappa shape index (κ2) is 10.2. The maximum atomic E-state index is 10.4. The molecule has 3 aromatic rings. The van der Waals surface area contributed by atoms with Crippen molar-refractivity contribution >= 4 is 0 Å². The fourth-order valence-corrected chi connectivity index (χ4v) is 3.19. The second-order valence-corrected chi connectivity index (χ2v) is 7.23. The number of hydrogen-bond donors (Lipinski definition) is 2. The van der Waals surface area contributed by atoms with Crippen molar-refractivity contribution in [3.05, 3.63) is 107 Å². The van der Waals surface area contributed by atoms with E-state index < -0.39 is 6.10 Å². The molecule has 146 valence electrons. The van der Waals surface area contributed by atoms with E-state index >= 15 is 0 Å². The molecule has 0 aliphatic heterocycles. The van der Waals surface area contributed by atoms with Crippen LogP contribution < -0.4 is 5.32 Å². The summed E-state index contributed by atoms with van der Waals surface area (Å²) in [6, 6.07) is 28.9. The summed E-state index contributed by atoms with van der Waals surface area (Å²) in [7, 11) is 0. The van der Waals surface area contributed by atoms with Gasteiger partial charge in [0, 0.05) is 12.6 Å². The standard InChI is InChI=1S/C25H29NO2/c1-19-13-15-23(16-14-19)25(22-11-7-4-8-12-22)28-18-24(27)17-26-20(2)21-9-5-3-6-10-21/h3-16,20,24-27H,17-18H2,1-2H3/t20-,24-,25-/m0/s1. The molecule has 3 heteroatoms. The largest absolute Gasteiger partial charge is 0.389 e. The van der Waals surface area contributed by atoms with Crippen LogP contribution in [0, 0.1) is 6.92 Å². The molecule has 0 heterocycles. The fraction of sp³-hybridized carbons (Fsp3) is 0.280. The highest BCUT2D eigenvalue weighted by atomic mass is 16.5. The predicted octanol–water partition coefficient (Wildman–Crippen LogP) is 4.81. The number of ether oxygens (including phenoxy) is 1. The first-order chi connectivity index (χ1) is 13.6.